The molecule has 0 aliphatic rings. The van der Waals surface area contributed by atoms with Crippen molar-refractivity contribution < 1.29 is 8.78 Å². The summed E-state index contributed by atoms with van der Waals surface area (Å²) in [6.45, 7) is 2.47. The van der Waals surface area contributed by atoms with Gasteiger partial charge in [-0.2, -0.15) is 0 Å². The molecule has 0 heterocycles. The lowest BCUT2D eigenvalue weighted by Gasteiger charge is -2.20. The van der Waals surface area contributed by atoms with E-state index in [1.165, 1.54) is 24.3 Å². The molecule has 100 valence electrons. The first kappa shape index (κ1) is 14.0. The molecular formula is C15H14ClF2N. The van der Waals surface area contributed by atoms with Gasteiger partial charge in [0.15, 0.2) is 0 Å². The summed E-state index contributed by atoms with van der Waals surface area (Å²) >= 11 is 5.90. The van der Waals surface area contributed by atoms with Crippen LogP contribution in [0.2, 0.25) is 5.02 Å². The highest BCUT2D eigenvalue weighted by molar-refractivity contribution is 6.30. The second-order valence-electron chi connectivity index (χ2n) is 4.18. The van der Waals surface area contributed by atoms with Crippen LogP contribution in [0.1, 0.15) is 24.1 Å². The lowest BCUT2D eigenvalue weighted by molar-refractivity contribution is 0.530. The van der Waals surface area contributed by atoms with Crippen LogP contribution in [0.4, 0.5) is 8.78 Å². The molecule has 19 heavy (non-hydrogen) atoms. The molecule has 0 aliphatic carbocycles. The molecule has 1 atom stereocenters. The van der Waals surface area contributed by atoms with Crippen molar-refractivity contribution in [2.45, 2.75) is 13.0 Å². The number of rotatable bonds is 4. The second kappa shape index (κ2) is 6.13. The maximum absolute atomic E-state index is 13.9. The number of hydrogen-bond acceptors (Lipinski definition) is 1. The van der Waals surface area contributed by atoms with Crippen LogP contribution < -0.4 is 5.32 Å². The maximum atomic E-state index is 13.9. The molecule has 0 saturated heterocycles. The van der Waals surface area contributed by atoms with E-state index in [4.69, 9.17) is 11.6 Å². The van der Waals surface area contributed by atoms with E-state index < -0.39 is 11.9 Å². The van der Waals surface area contributed by atoms with Gasteiger partial charge in [-0.15, -0.1) is 0 Å². The summed E-state index contributed by atoms with van der Waals surface area (Å²) < 4.78 is 27.8. The van der Waals surface area contributed by atoms with E-state index in [0.29, 0.717) is 22.7 Å². The molecule has 0 spiro atoms. The van der Waals surface area contributed by atoms with E-state index in [1.54, 1.807) is 18.2 Å². The summed E-state index contributed by atoms with van der Waals surface area (Å²) in [7, 11) is 0. The minimum atomic E-state index is -0.551. The molecule has 4 heteroatoms. The van der Waals surface area contributed by atoms with Gasteiger partial charge in [0.2, 0.25) is 0 Å². The predicted octanol–water partition coefficient (Wildman–Crippen LogP) is 4.32. The molecule has 1 nitrogen and oxygen atoms in total. The minimum Gasteiger partial charge on any atom is -0.306 e. The number of benzene rings is 2. The van der Waals surface area contributed by atoms with E-state index in [-0.39, 0.29) is 5.82 Å². The summed E-state index contributed by atoms with van der Waals surface area (Å²) in [5, 5.41) is 3.51. The fourth-order valence-corrected chi connectivity index (χ4v) is 2.22. The fourth-order valence-electron chi connectivity index (χ4n) is 2.04. The zero-order chi connectivity index (χ0) is 13.8. The van der Waals surface area contributed by atoms with Gasteiger partial charge in [-0.25, -0.2) is 8.78 Å². The summed E-state index contributed by atoms with van der Waals surface area (Å²) in [6, 6.07) is 10.1. The van der Waals surface area contributed by atoms with Crippen molar-refractivity contribution in [3.05, 3.63) is 70.2 Å². The van der Waals surface area contributed by atoms with Gasteiger partial charge < -0.3 is 5.32 Å². The smallest absolute Gasteiger partial charge is 0.128 e. The van der Waals surface area contributed by atoms with Gasteiger partial charge in [0, 0.05) is 16.1 Å². The Kier molecular flexibility index (Phi) is 4.51. The Morgan fingerprint density at radius 2 is 1.74 bits per heavy atom. The van der Waals surface area contributed by atoms with Crippen molar-refractivity contribution in [1.29, 1.82) is 0 Å². The summed E-state index contributed by atoms with van der Waals surface area (Å²) in [5.41, 5.74) is 0.755. The summed E-state index contributed by atoms with van der Waals surface area (Å²) in [4.78, 5) is 0. The average molecular weight is 282 g/mol. The standard InChI is InChI=1S/C15H14ClF2N/c1-2-19-15(11-5-3-4-6-13(11)17)12-9-10(16)7-8-14(12)18/h3-9,15,19H,2H2,1H3. The van der Waals surface area contributed by atoms with Crippen LogP contribution in [0.15, 0.2) is 42.5 Å². The Balaban J connectivity index is 2.51. The van der Waals surface area contributed by atoms with E-state index in [0.717, 1.165) is 0 Å². The molecule has 0 aromatic heterocycles. The normalized spacial score (nSPS) is 12.4. The molecule has 0 amide bonds. The van der Waals surface area contributed by atoms with Gasteiger partial charge in [-0.1, -0.05) is 36.7 Å². The fraction of sp³-hybridized carbons (Fsp3) is 0.200. The second-order valence-corrected chi connectivity index (χ2v) is 4.61. The zero-order valence-electron chi connectivity index (χ0n) is 10.5. The zero-order valence-corrected chi connectivity index (χ0v) is 11.2. The number of halogens is 3. The Morgan fingerprint density at radius 3 is 2.42 bits per heavy atom. The number of hydrogen-bond donors (Lipinski definition) is 1. The van der Waals surface area contributed by atoms with Crippen molar-refractivity contribution in [3.8, 4) is 0 Å². The Labute approximate surface area is 116 Å². The Bertz CT molecular complexity index is 572. The topological polar surface area (TPSA) is 12.0 Å². The summed E-state index contributed by atoms with van der Waals surface area (Å²) in [6.07, 6.45) is 0. The van der Waals surface area contributed by atoms with Crippen LogP contribution in [-0.2, 0) is 0 Å². The minimum absolute atomic E-state index is 0.347. The van der Waals surface area contributed by atoms with Crippen LogP contribution in [-0.4, -0.2) is 6.54 Å². The van der Waals surface area contributed by atoms with Gasteiger partial charge in [0.25, 0.3) is 0 Å². The molecule has 0 fully saturated rings. The molecule has 2 rings (SSSR count). The highest BCUT2D eigenvalue weighted by Gasteiger charge is 2.20. The van der Waals surface area contributed by atoms with Crippen LogP contribution >= 0.6 is 11.6 Å². The molecule has 1 N–H and O–H groups in total. The van der Waals surface area contributed by atoms with E-state index in [9.17, 15) is 8.78 Å². The van der Waals surface area contributed by atoms with E-state index in [1.807, 2.05) is 6.92 Å². The third-order valence-electron chi connectivity index (χ3n) is 2.89. The molecule has 0 radical (unpaired) electrons. The molecule has 0 saturated carbocycles. The van der Waals surface area contributed by atoms with Gasteiger partial charge >= 0.3 is 0 Å². The maximum Gasteiger partial charge on any atom is 0.128 e. The van der Waals surface area contributed by atoms with Crippen molar-refractivity contribution in [1.82, 2.24) is 5.32 Å². The van der Waals surface area contributed by atoms with Crippen molar-refractivity contribution >= 4 is 11.6 Å². The highest BCUT2D eigenvalue weighted by atomic mass is 35.5. The van der Waals surface area contributed by atoms with E-state index >= 15 is 0 Å². The van der Waals surface area contributed by atoms with Crippen LogP contribution in [0, 0.1) is 11.6 Å². The predicted molar refractivity (Wildman–Crippen MR) is 73.3 cm³/mol. The van der Waals surface area contributed by atoms with Crippen molar-refractivity contribution in [3.63, 3.8) is 0 Å². The lowest BCUT2D eigenvalue weighted by Crippen LogP contribution is -2.24. The average Bonchev–Trinajstić information content (AvgIpc) is 2.40. The third kappa shape index (κ3) is 3.11. The van der Waals surface area contributed by atoms with Gasteiger partial charge in [-0.3, -0.25) is 0 Å². The van der Waals surface area contributed by atoms with Gasteiger partial charge in [0.1, 0.15) is 11.6 Å². The largest absolute Gasteiger partial charge is 0.306 e. The van der Waals surface area contributed by atoms with E-state index in [2.05, 4.69) is 5.32 Å². The molecule has 2 aromatic rings. The van der Waals surface area contributed by atoms with Gasteiger partial charge in [0.05, 0.1) is 6.04 Å². The van der Waals surface area contributed by atoms with Crippen molar-refractivity contribution in [2.24, 2.45) is 0 Å². The van der Waals surface area contributed by atoms with Crippen LogP contribution in [0.3, 0.4) is 0 Å². The third-order valence-corrected chi connectivity index (χ3v) is 3.13. The van der Waals surface area contributed by atoms with Crippen molar-refractivity contribution in [2.75, 3.05) is 6.54 Å². The monoisotopic (exact) mass is 281 g/mol. The first-order valence-corrected chi connectivity index (χ1v) is 6.44. The van der Waals surface area contributed by atoms with Crippen LogP contribution in [0.5, 0.6) is 0 Å². The molecule has 2 aromatic carbocycles. The SMILES string of the molecule is CCNC(c1ccccc1F)c1cc(Cl)ccc1F. The van der Waals surface area contributed by atoms with Gasteiger partial charge in [-0.05, 0) is 30.8 Å². The Morgan fingerprint density at radius 1 is 1.05 bits per heavy atom. The summed E-state index contributed by atoms with van der Waals surface area (Å²) in [5.74, 6) is -0.772. The Hall–Kier alpha value is -1.45. The molecular weight excluding hydrogens is 268 g/mol. The van der Waals surface area contributed by atoms with Crippen LogP contribution in [0.25, 0.3) is 0 Å². The lowest BCUT2D eigenvalue weighted by atomic mass is 9.97. The number of nitrogens with one attached hydrogen (secondary N) is 1. The molecule has 1 unspecified atom stereocenters. The molecule has 0 bridgehead atoms. The first-order valence-electron chi connectivity index (χ1n) is 6.06. The molecule has 0 aliphatic heterocycles. The quantitative estimate of drug-likeness (QED) is 0.880. The highest BCUT2D eigenvalue weighted by Crippen LogP contribution is 2.28. The first-order chi connectivity index (χ1) is 9.13.